The van der Waals surface area contributed by atoms with Gasteiger partial charge in [0.25, 0.3) is 0 Å². The molecule has 3 atom stereocenters. The van der Waals surface area contributed by atoms with Crippen LogP contribution in [0, 0.1) is 0 Å². The van der Waals surface area contributed by atoms with Gasteiger partial charge in [-0.2, -0.15) is 26.3 Å². The number of benzene rings is 2. The van der Waals surface area contributed by atoms with Crippen molar-refractivity contribution in [1.82, 2.24) is 9.80 Å². The second-order valence-corrected chi connectivity index (χ2v) is 9.55. The van der Waals surface area contributed by atoms with Gasteiger partial charge in [0.05, 0.1) is 45.6 Å². The monoisotopic (exact) mass is 648 g/mol. The Morgan fingerprint density at radius 1 is 0.711 bits per heavy atom. The Hall–Kier alpha value is -4.67. The number of halogens is 6. The summed E-state index contributed by atoms with van der Waals surface area (Å²) in [5.41, 5.74) is -5.23. The zero-order chi connectivity index (χ0) is 34.1. The lowest BCUT2D eigenvalue weighted by Crippen LogP contribution is -2.55. The molecule has 17 heteroatoms. The molecule has 0 bridgehead atoms. The fourth-order valence-corrected chi connectivity index (χ4v) is 5.07. The molecule has 0 aromatic heterocycles. The van der Waals surface area contributed by atoms with Crippen molar-refractivity contribution in [2.24, 2.45) is 0 Å². The highest BCUT2D eigenvalue weighted by Crippen LogP contribution is 2.60. The van der Waals surface area contributed by atoms with Gasteiger partial charge in [0, 0.05) is 6.92 Å². The van der Waals surface area contributed by atoms with E-state index in [2.05, 4.69) is 9.47 Å². The lowest BCUT2D eigenvalue weighted by atomic mass is 9.98. The number of ether oxygens (including phenoxy) is 4. The van der Waals surface area contributed by atoms with Crippen LogP contribution in [0.25, 0.3) is 0 Å². The van der Waals surface area contributed by atoms with Gasteiger partial charge in [0.15, 0.2) is 0 Å². The first kappa shape index (κ1) is 34.8. The van der Waals surface area contributed by atoms with E-state index in [9.17, 15) is 50.3 Å². The van der Waals surface area contributed by atoms with Gasteiger partial charge in [0.2, 0.25) is 17.5 Å². The maximum absolute atomic E-state index is 13.4. The average Bonchev–Trinajstić information content (AvgIpc) is 3.69. The van der Waals surface area contributed by atoms with Crippen molar-refractivity contribution in [2.75, 3.05) is 28.4 Å². The Bertz CT molecular complexity index is 1430. The molecule has 1 amide bonds. The van der Waals surface area contributed by atoms with Crippen LogP contribution in [0.2, 0.25) is 0 Å². The predicted molar refractivity (Wildman–Crippen MR) is 137 cm³/mol. The summed E-state index contributed by atoms with van der Waals surface area (Å²) in [6.07, 6.45) is -11.5. The van der Waals surface area contributed by atoms with E-state index in [0.29, 0.717) is 29.2 Å². The van der Waals surface area contributed by atoms with Crippen molar-refractivity contribution in [3.8, 4) is 0 Å². The normalized spacial score (nSPS) is 18.0. The van der Waals surface area contributed by atoms with E-state index >= 15 is 0 Å². The second kappa shape index (κ2) is 12.7. The minimum Gasteiger partial charge on any atom is -0.467 e. The van der Waals surface area contributed by atoms with E-state index in [4.69, 9.17) is 9.47 Å². The van der Waals surface area contributed by atoms with Crippen molar-refractivity contribution in [2.45, 2.75) is 43.1 Å². The van der Waals surface area contributed by atoms with Crippen LogP contribution in [-0.2, 0) is 55.3 Å². The molecule has 2 aromatic rings. The van der Waals surface area contributed by atoms with Crippen molar-refractivity contribution in [3.05, 3.63) is 70.8 Å². The van der Waals surface area contributed by atoms with Gasteiger partial charge in [-0.3, -0.25) is 9.69 Å². The minimum absolute atomic E-state index is 0.133. The van der Waals surface area contributed by atoms with E-state index in [1.54, 1.807) is 0 Å². The number of carbonyl (C=O) groups is 5. The lowest BCUT2D eigenvalue weighted by Gasteiger charge is -2.37. The molecule has 1 fully saturated rings. The quantitative estimate of drug-likeness (QED) is 0.131. The summed E-state index contributed by atoms with van der Waals surface area (Å²) in [6, 6.07) is 2.20. The van der Waals surface area contributed by atoms with Crippen LogP contribution >= 0.6 is 0 Å². The zero-order valence-corrected chi connectivity index (χ0v) is 24.2. The van der Waals surface area contributed by atoms with Crippen LogP contribution in [0.4, 0.5) is 26.3 Å². The number of esters is 4. The van der Waals surface area contributed by atoms with Crippen LogP contribution in [0.5, 0.6) is 0 Å². The number of alkyl halides is 6. The molecule has 3 rings (SSSR count). The number of carbonyl (C=O) groups excluding carboxylic acids is 5. The van der Waals surface area contributed by atoms with Crippen LogP contribution in [0.1, 0.15) is 41.4 Å². The van der Waals surface area contributed by atoms with Gasteiger partial charge in [-0.15, -0.1) is 0 Å². The standard InChI is InChI=1S/C28H26F6N2O9/c1-14(37)35(19(22(38)42-2)23(39)43-3)21(16-8-12-18(13-9-16)28(32,33)34)36-20(26(36,24(40)44-4)25(41)45-5)15-6-10-17(11-7-15)27(29,30)31/h6-13,19-21H,1-5H3/t20-,21+,36?/m0/s1. The molecule has 45 heavy (non-hydrogen) atoms. The third kappa shape index (κ3) is 6.29. The Balaban J connectivity index is 2.42. The number of nitrogens with zero attached hydrogens (tertiary/aromatic N) is 2. The molecule has 11 nitrogen and oxygen atoms in total. The third-order valence-corrected chi connectivity index (χ3v) is 7.11. The highest BCUT2D eigenvalue weighted by molar-refractivity contribution is 6.10. The molecule has 0 radical (unpaired) electrons. The molecule has 0 aliphatic carbocycles. The van der Waals surface area contributed by atoms with Gasteiger partial charge in [0.1, 0.15) is 6.17 Å². The Kier molecular flexibility index (Phi) is 9.86. The average molecular weight is 649 g/mol. The summed E-state index contributed by atoms with van der Waals surface area (Å²) in [4.78, 5) is 67.2. The first-order valence-electron chi connectivity index (χ1n) is 12.7. The van der Waals surface area contributed by atoms with Gasteiger partial charge >= 0.3 is 36.2 Å². The first-order valence-corrected chi connectivity index (χ1v) is 12.7. The highest BCUT2D eigenvalue weighted by atomic mass is 19.4. The number of methoxy groups -OCH3 is 4. The van der Waals surface area contributed by atoms with Gasteiger partial charge in [-0.25, -0.2) is 24.1 Å². The summed E-state index contributed by atoms with van der Waals surface area (Å²) >= 11 is 0. The number of rotatable bonds is 9. The minimum atomic E-state index is -4.82. The third-order valence-electron chi connectivity index (χ3n) is 7.11. The fourth-order valence-electron chi connectivity index (χ4n) is 5.07. The molecule has 1 unspecified atom stereocenters. The summed E-state index contributed by atoms with van der Waals surface area (Å²) < 4.78 is 99.3. The number of hydrogen-bond acceptors (Lipinski definition) is 10. The van der Waals surface area contributed by atoms with Crippen LogP contribution in [-0.4, -0.2) is 79.6 Å². The summed E-state index contributed by atoms with van der Waals surface area (Å²) in [5, 5.41) is 0. The topological polar surface area (TPSA) is 129 Å². The smallest absolute Gasteiger partial charge is 0.416 e. The SMILES string of the molecule is COC(=O)C(C(=O)OC)N(C(C)=O)[C@@H](c1ccc(C(F)(F)F)cc1)N1[C@@H](c2ccc(C(F)(F)F)cc2)C1(C(=O)OC)C(=O)OC. The van der Waals surface area contributed by atoms with Crippen molar-refractivity contribution < 1.29 is 69.3 Å². The number of amides is 1. The molecule has 1 aliphatic heterocycles. The molecule has 1 aliphatic rings. The first-order chi connectivity index (χ1) is 20.9. The molecule has 0 spiro atoms. The molecule has 0 N–H and O–H groups in total. The molecule has 0 saturated carbocycles. The maximum Gasteiger partial charge on any atom is 0.416 e. The molecule has 1 saturated heterocycles. The second-order valence-electron chi connectivity index (χ2n) is 9.55. The van der Waals surface area contributed by atoms with Crippen molar-refractivity contribution in [3.63, 3.8) is 0 Å². The van der Waals surface area contributed by atoms with Gasteiger partial charge < -0.3 is 18.9 Å². The largest absolute Gasteiger partial charge is 0.467 e. The van der Waals surface area contributed by atoms with E-state index in [-0.39, 0.29) is 11.1 Å². The molecule has 2 aromatic carbocycles. The van der Waals surface area contributed by atoms with Crippen molar-refractivity contribution >= 4 is 29.8 Å². The zero-order valence-electron chi connectivity index (χ0n) is 24.2. The van der Waals surface area contributed by atoms with Crippen LogP contribution in [0.15, 0.2) is 48.5 Å². The molecular weight excluding hydrogens is 622 g/mol. The Labute approximate surface area is 251 Å². The molecule has 244 valence electrons. The van der Waals surface area contributed by atoms with Crippen molar-refractivity contribution in [1.29, 1.82) is 0 Å². The van der Waals surface area contributed by atoms with E-state index in [1.165, 1.54) is 0 Å². The number of hydrogen-bond donors (Lipinski definition) is 0. The molecule has 1 heterocycles. The van der Waals surface area contributed by atoms with Gasteiger partial charge in [-0.05, 0) is 35.4 Å². The van der Waals surface area contributed by atoms with Gasteiger partial charge in [-0.1, -0.05) is 24.3 Å². The van der Waals surface area contributed by atoms with Crippen LogP contribution in [0.3, 0.4) is 0 Å². The molecular formula is C28H26F6N2O9. The van der Waals surface area contributed by atoms with Crippen LogP contribution < -0.4 is 0 Å². The van der Waals surface area contributed by atoms with E-state index in [0.717, 1.165) is 64.5 Å². The maximum atomic E-state index is 13.4. The highest BCUT2D eigenvalue weighted by Gasteiger charge is 2.79. The Morgan fingerprint density at radius 2 is 1.11 bits per heavy atom. The Morgan fingerprint density at radius 3 is 1.44 bits per heavy atom. The summed E-state index contributed by atoms with van der Waals surface area (Å²) in [5.74, 6) is -6.52. The van der Waals surface area contributed by atoms with E-state index in [1.807, 2.05) is 0 Å². The predicted octanol–water partition coefficient (Wildman–Crippen LogP) is 3.43. The van der Waals surface area contributed by atoms with E-state index < -0.39 is 77.1 Å². The fraction of sp³-hybridized carbons (Fsp3) is 0.393. The summed E-state index contributed by atoms with van der Waals surface area (Å²) in [6.45, 7) is 0.866. The summed E-state index contributed by atoms with van der Waals surface area (Å²) in [7, 11) is 3.46. The lowest BCUT2D eigenvalue weighted by molar-refractivity contribution is -0.170.